The summed E-state index contributed by atoms with van der Waals surface area (Å²) in [6.07, 6.45) is 0. The molecule has 0 radical (unpaired) electrons. The quantitative estimate of drug-likeness (QED) is 0.356. The Hall–Kier alpha value is 0.503. The zero-order chi connectivity index (χ0) is 3.58. The van der Waals surface area contributed by atoms with Crippen LogP contribution < -0.4 is 13.4 Å². The Labute approximate surface area is 30.8 Å². The van der Waals surface area contributed by atoms with E-state index in [1.165, 1.54) is 0 Å². The van der Waals surface area contributed by atoms with Gasteiger partial charge >= 0.3 is 30.1 Å². The van der Waals surface area contributed by atoms with Crippen LogP contribution in [0, 0.1) is 0 Å². The minimum atomic E-state index is -1.67. The van der Waals surface area contributed by atoms with E-state index in [-0.39, 0.29) is 0 Å². The van der Waals surface area contributed by atoms with Gasteiger partial charge in [0.1, 0.15) is 0 Å². The molecule has 0 heterocycles. The van der Waals surface area contributed by atoms with Crippen molar-refractivity contribution in [3.63, 3.8) is 0 Å². The van der Waals surface area contributed by atoms with Gasteiger partial charge in [-0.25, -0.2) is 0 Å². The molecular weight excluding hydrogens is 143 g/mol. The first-order valence-electron chi connectivity index (χ1n) is 0.612. The van der Waals surface area contributed by atoms with Gasteiger partial charge in [0.15, 0.2) is 0 Å². The van der Waals surface area contributed by atoms with Crippen LogP contribution in [0.3, 0.4) is 0 Å². The van der Waals surface area contributed by atoms with Crippen LogP contribution in [0.4, 0.5) is 0 Å². The molecule has 0 unspecified atom stereocenters. The van der Waals surface area contributed by atoms with Crippen molar-refractivity contribution >= 4 is 0 Å². The molecule has 0 aliphatic rings. The van der Waals surface area contributed by atoms with Gasteiger partial charge in [-0.2, -0.15) is 0 Å². The topological polar surface area (TPSA) is 78.1 Å². The molecule has 0 spiro atoms. The Morgan fingerprint density at radius 3 is 1.00 bits per heavy atom. The van der Waals surface area contributed by atoms with E-state index in [9.17, 15) is 0 Å². The average Bonchev–Trinajstić information content (AvgIpc) is 0.811. The summed E-state index contributed by atoms with van der Waals surface area (Å²) in [5.41, 5.74) is 0. The Kier molecular flexibility index (Phi) is 2.01. The Morgan fingerprint density at radius 2 is 1.00 bits per heavy atom. The second-order valence-electron chi connectivity index (χ2n) is 0.354. The molecule has 6 N–H and O–H groups in total. The number of nitrogens with two attached hydrogens (primary N) is 3. The maximum atomic E-state index is 4.81. The van der Waals surface area contributed by atoms with Crippen LogP contribution in [0.5, 0.6) is 0 Å². The summed E-state index contributed by atoms with van der Waals surface area (Å²) in [5, 5.41) is 0. The number of hydrogen-bond donors (Lipinski definition) is 3. The molecule has 0 amide bonds. The van der Waals surface area contributed by atoms with Crippen molar-refractivity contribution in [3.8, 4) is 0 Å². The van der Waals surface area contributed by atoms with Gasteiger partial charge in [0.2, 0.25) is 0 Å². The summed E-state index contributed by atoms with van der Waals surface area (Å²) < 4.78 is 14.4. The van der Waals surface area contributed by atoms with Crippen molar-refractivity contribution in [2.45, 2.75) is 0 Å². The van der Waals surface area contributed by atoms with E-state index in [1.54, 1.807) is 0 Å². The van der Waals surface area contributed by atoms with Crippen molar-refractivity contribution < 1.29 is 16.7 Å². The molecule has 0 aromatic rings. The molecule has 29 valence electrons. The molecule has 0 aromatic heterocycles. The Balaban J connectivity index is 2.32. The van der Waals surface area contributed by atoms with Crippen molar-refractivity contribution in [2.24, 2.45) is 13.4 Å². The van der Waals surface area contributed by atoms with Gasteiger partial charge in [0.05, 0.1) is 0 Å². The van der Waals surface area contributed by atoms with Gasteiger partial charge < -0.3 is 0 Å². The molecule has 0 fully saturated rings. The molecular formula is H6N3Ru. The molecule has 0 saturated carbocycles. The van der Waals surface area contributed by atoms with Gasteiger partial charge in [-0.1, -0.05) is 0 Å². The second-order valence-corrected chi connectivity index (χ2v) is 2.09. The first kappa shape index (κ1) is 4.50. The fourth-order valence-corrected chi connectivity index (χ4v) is 0. The molecule has 0 rings (SSSR count). The van der Waals surface area contributed by atoms with Crippen LogP contribution in [0.1, 0.15) is 0 Å². The summed E-state index contributed by atoms with van der Waals surface area (Å²) in [5.74, 6) is 0. The molecule has 0 bridgehead atoms. The van der Waals surface area contributed by atoms with Crippen LogP contribution in [-0.2, 0) is 16.7 Å². The first-order valence-corrected chi connectivity index (χ1v) is 3.62. The molecule has 0 saturated heterocycles. The van der Waals surface area contributed by atoms with Crippen molar-refractivity contribution in [1.82, 2.24) is 0 Å². The molecule has 0 atom stereocenters. The Bertz CT molecular complexity index is 8.00. The van der Waals surface area contributed by atoms with Crippen LogP contribution in [0.25, 0.3) is 0 Å². The zero-order valence-corrected chi connectivity index (χ0v) is 3.82. The molecule has 4 heteroatoms. The third-order valence-corrected chi connectivity index (χ3v) is 0. The summed E-state index contributed by atoms with van der Waals surface area (Å²) in [4.78, 5) is 0. The fourth-order valence-electron chi connectivity index (χ4n) is 0. The van der Waals surface area contributed by atoms with Crippen LogP contribution >= 0.6 is 0 Å². The Morgan fingerprint density at radius 1 is 1.00 bits per heavy atom. The number of rotatable bonds is 0. The standard InChI is InChI=1S/3H2N.Ru/h3*1H2;/q3*-1;+3. The maximum absolute atomic E-state index is 4.81. The third-order valence-electron chi connectivity index (χ3n) is 0. The van der Waals surface area contributed by atoms with Crippen LogP contribution in [0.15, 0.2) is 0 Å². The van der Waals surface area contributed by atoms with E-state index in [4.69, 9.17) is 13.4 Å². The van der Waals surface area contributed by atoms with E-state index in [0.29, 0.717) is 0 Å². The van der Waals surface area contributed by atoms with E-state index >= 15 is 0 Å². The van der Waals surface area contributed by atoms with Crippen LogP contribution in [-0.4, -0.2) is 0 Å². The van der Waals surface area contributed by atoms with Gasteiger partial charge in [-0.3, -0.25) is 0 Å². The van der Waals surface area contributed by atoms with Gasteiger partial charge in [0, 0.05) is 0 Å². The van der Waals surface area contributed by atoms with E-state index in [0.717, 1.165) is 0 Å². The van der Waals surface area contributed by atoms with Crippen molar-refractivity contribution in [3.05, 3.63) is 0 Å². The normalized spacial score (nSPS) is 11.2. The predicted molar refractivity (Wildman–Crippen MR) is 12.6 cm³/mol. The fraction of sp³-hybridized carbons (Fsp3) is 0. The van der Waals surface area contributed by atoms with Crippen molar-refractivity contribution in [1.29, 1.82) is 0 Å². The molecule has 4 heavy (non-hydrogen) atoms. The van der Waals surface area contributed by atoms with E-state index < -0.39 is 16.7 Å². The first-order chi connectivity index (χ1) is 1.73. The third kappa shape index (κ3) is 22.3. The molecule has 0 aromatic carbocycles. The summed E-state index contributed by atoms with van der Waals surface area (Å²) >= 11 is -1.67. The second kappa shape index (κ2) is 1.79. The van der Waals surface area contributed by atoms with Crippen molar-refractivity contribution in [2.75, 3.05) is 0 Å². The minimum absolute atomic E-state index is 1.67. The van der Waals surface area contributed by atoms with Crippen LogP contribution in [0.2, 0.25) is 0 Å². The summed E-state index contributed by atoms with van der Waals surface area (Å²) in [6, 6.07) is 0. The monoisotopic (exact) mass is 150 g/mol. The predicted octanol–water partition coefficient (Wildman–Crippen LogP) is -1.77. The molecule has 0 aliphatic heterocycles. The SMILES string of the molecule is [NH2][Ru]([NH2])[NH2]. The van der Waals surface area contributed by atoms with E-state index in [1.807, 2.05) is 0 Å². The number of hydrogen-bond acceptors (Lipinski definition) is 3. The van der Waals surface area contributed by atoms with Gasteiger partial charge in [-0.05, 0) is 0 Å². The van der Waals surface area contributed by atoms with Gasteiger partial charge in [0.25, 0.3) is 0 Å². The molecule has 3 nitrogen and oxygen atoms in total. The summed E-state index contributed by atoms with van der Waals surface area (Å²) in [7, 11) is 0. The molecule has 0 aliphatic carbocycles. The average molecular weight is 149 g/mol. The van der Waals surface area contributed by atoms with E-state index in [2.05, 4.69) is 0 Å². The van der Waals surface area contributed by atoms with Gasteiger partial charge in [-0.15, -0.1) is 0 Å². The summed E-state index contributed by atoms with van der Waals surface area (Å²) in [6.45, 7) is 0. The zero-order valence-electron chi connectivity index (χ0n) is 2.09.